The number of nitrogens with zero attached hydrogens (tertiary/aromatic N) is 1. The van der Waals surface area contributed by atoms with Crippen molar-refractivity contribution in [3.63, 3.8) is 0 Å². The minimum atomic E-state index is 0.742. The van der Waals surface area contributed by atoms with Gasteiger partial charge in [0.25, 0.3) is 0 Å². The topological polar surface area (TPSA) is 15.3 Å². The fourth-order valence-electron chi connectivity index (χ4n) is 2.18. The van der Waals surface area contributed by atoms with Gasteiger partial charge in [0.15, 0.2) is 0 Å². The van der Waals surface area contributed by atoms with Gasteiger partial charge in [0.2, 0.25) is 0 Å². The van der Waals surface area contributed by atoms with Crippen LogP contribution in [0.5, 0.6) is 0 Å². The predicted octanol–water partition coefficient (Wildman–Crippen LogP) is 2.42. The molecule has 0 aliphatic carbocycles. The fraction of sp³-hybridized carbons (Fsp3) is 0.846. The van der Waals surface area contributed by atoms with Crippen LogP contribution >= 0.6 is 0 Å². The smallest absolute Gasteiger partial charge is 0.0223 e. The molecule has 88 valence electrons. The first-order valence-electron chi connectivity index (χ1n) is 6.48. The lowest BCUT2D eigenvalue weighted by Crippen LogP contribution is -2.44. The van der Waals surface area contributed by atoms with Crippen molar-refractivity contribution in [3.05, 3.63) is 12.2 Å². The van der Waals surface area contributed by atoms with Crippen LogP contribution in [0.25, 0.3) is 0 Å². The fourth-order valence-corrected chi connectivity index (χ4v) is 2.18. The molecule has 1 aliphatic heterocycles. The van der Waals surface area contributed by atoms with E-state index in [1.807, 2.05) is 0 Å². The van der Waals surface area contributed by atoms with E-state index >= 15 is 0 Å². The van der Waals surface area contributed by atoms with Crippen LogP contribution in [0.15, 0.2) is 12.2 Å². The van der Waals surface area contributed by atoms with Gasteiger partial charge in [-0.3, -0.25) is 4.90 Å². The van der Waals surface area contributed by atoms with E-state index in [4.69, 9.17) is 0 Å². The van der Waals surface area contributed by atoms with Crippen molar-refractivity contribution in [2.24, 2.45) is 0 Å². The summed E-state index contributed by atoms with van der Waals surface area (Å²) >= 11 is 0. The highest BCUT2D eigenvalue weighted by Crippen LogP contribution is 2.10. The van der Waals surface area contributed by atoms with Crippen molar-refractivity contribution in [1.29, 1.82) is 0 Å². The Morgan fingerprint density at radius 3 is 2.73 bits per heavy atom. The zero-order valence-electron chi connectivity index (χ0n) is 10.3. The summed E-state index contributed by atoms with van der Waals surface area (Å²) in [5.41, 5.74) is 0. The Hall–Kier alpha value is -0.340. The van der Waals surface area contributed by atoms with Crippen LogP contribution in [0.2, 0.25) is 0 Å². The Kier molecular flexibility index (Phi) is 6.69. The van der Waals surface area contributed by atoms with Gasteiger partial charge < -0.3 is 5.32 Å². The molecule has 15 heavy (non-hydrogen) atoms. The molecule has 0 fully saturated rings. The van der Waals surface area contributed by atoms with Crippen LogP contribution in [-0.2, 0) is 0 Å². The first-order valence-corrected chi connectivity index (χ1v) is 6.48. The highest BCUT2D eigenvalue weighted by Gasteiger charge is 2.16. The van der Waals surface area contributed by atoms with Gasteiger partial charge in [-0.2, -0.15) is 0 Å². The standard InChI is InChI=1S/C13H26N2/c1-3-8-13(12-14-9-4-2)15-10-6-5-7-11-15/h5-6,13-14H,3-4,7-12H2,1-2H3. The van der Waals surface area contributed by atoms with Crippen molar-refractivity contribution >= 4 is 0 Å². The molecule has 1 atom stereocenters. The molecule has 0 spiro atoms. The lowest BCUT2D eigenvalue weighted by Gasteiger charge is -2.32. The van der Waals surface area contributed by atoms with E-state index in [-0.39, 0.29) is 0 Å². The second kappa shape index (κ2) is 7.89. The van der Waals surface area contributed by atoms with Gasteiger partial charge in [0, 0.05) is 25.7 Å². The molecule has 0 aromatic rings. The third-order valence-electron chi connectivity index (χ3n) is 3.03. The molecule has 0 amide bonds. The summed E-state index contributed by atoms with van der Waals surface area (Å²) in [6, 6.07) is 0.742. The molecular weight excluding hydrogens is 184 g/mol. The van der Waals surface area contributed by atoms with Crippen LogP contribution in [0.1, 0.15) is 39.5 Å². The van der Waals surface area contributed by atoms with Crippen molar-refractivity contribution < 1.29 is 0 Å². The summed E-state index contributed by atoms with van der Waals surface area (Å²) in [6.07, 6.45) is 9.70. The highest BCUT2D eigenvalue weighted by atomic mass is 15.2. The second-order valence-electron chi connectivity index (χ2n) is 4.40. The Balaban J connectivity index is 2.30. The maximum absolute atomic E-state index is 3.55. The maximum Gasteiger partial charge on any atom is 0.0223 e. The first kappa shape index (κ1) is 12.7. The van der Waals surface area contributed by atoms with Crippen molar-refractivity contribution in [1.82, 2.24) is 10.2 Å². The van der Waals surface area contributed by atoms with E-state index in [0.29, 0.717) is 0 Å². The average Bonchev–Trinajstić information content (AvgIpc) is 2.29. The average molecular weight is 210 g/mol. The molecular formula is C13H26N2. The Labute approximate surface area is 94.7 Å². The molecule has 0 bridgehead atoms. The third-order valence-corrected chi connectivity index (χ3v) is 3.03. The van der Waals surface area contributed by atoms with Gasteiger partial charge >= 0.3 is 0 Å². The lowest BCUT2D eigenvalue weighted by atomic mass is 10.1. The zero-order chi connectivity index (χ0) is 10.9. The quantitative estimate of drug-likeness (QED) is 0.513. The molecule has 1 unspecified atom stereocenters. The van der Waals surface area contributed by atoms with Crippen LogP contribution < -0.4 is 5.32 Å². The molecule has 0 aromatic heterocycles. The molecule has 1 heterocycles. The van der Waals surface area contributed by atoms with Gasteiger partial charge in [-0.25, -0.2) is 0 Å². The number of hydrogen-bond acceptors (Lipinski definition) is 2. The molecule has 1 aliphatic rings. The summed E-state index contributed by atoms with van der Waals surface area (Å²) in [6.45, 7) is 9.23. The van der Waals surface area contributed by atoms with Gasteiger partial charge in [0.1, 0.15) is 0 Å². The summed E-state index contributed by atoms with van der Waals surface area (Å²) in [5.74, 6) is 0. The highest BCUT2D eigenvalue weighted by molar-refractivity contribution is 4.93. The van der Waals surface area contributed by atoms with Gasteiger partial charge in [-0.1, -0.05) is 32.4 Å². The van der Waals surface area contributed by atoms with Crippen molar-refractivity contribution in [3.8, 4) is 0 Å². The summed E-state index contributed by atoms with van der Waals surface area (Å²) in [5, 5.41) is 3.55. The molecule has 0 aromatic carbocycles. The van der Waals surface area contributed by atoms with E-state index < -0.39 is 0 Å². The van der Waals surface area contributed by atoms with E-state index in [9.17, 15) is 0 Å². The largest absolute Gasteiger partial charge is 0.315 e. The van der Waals surface area contributed by atoms with Crippen LogP contribution in [0.3, 0.4) is 0 Å². The third kappa shape index (κ3) is 4.80. The summed E-state index contributed by atoms with van der Waals surface area (Å²) in [4.78, 5) is 2.62. The molecule has 0 radical (unpaired) electrons. The second-order valence-corrected chi connectivity index (χ2v) is 4.40. The van der Waals surface area contributed by atoms with Crippen LogP contribution in [-0.4, -0.2) is 37.1 Å². The Morgan fingerprint density at radius 2 is 2.13 bits per heavy atom. The number of hydrogen-bond donors (Lipinski definition) is 1. The Morgan fingerprint density at radius 1 is 1.27 bits per heavy atom. The van der Waals surface area contributed by atoms with E-state index in [2.05, 4.69) is 36.2 Å². The minimum Gasteiger partial charge on any atom is -0.315 e. The predicted molar refractivity (Wildman–Crippen MR) is 67.2 cm³/mol. The SMILES string of the molecule is CCCNCC(CCC)N1CC=CCC1. The molecule has 0 saturated carbocycles. The molecule has 0 saturated heterocycles. The molecule has 1 N–H and O–H groups in total. The molecule has 2 nitrogen and oxygen atoms in total. The van der Waals surface area contributed by atoms with E-state index in [1.54, 1.807) is 0 Å². The van der Waals surface area contributed by atoms with Crippen LogP contribution in [0.4, 0.5) is 0 Å². The maximum atomic E-state index is 3.55. The van der Waals surface area contributed by atoms with E-state index in [0.717, 1.165) is 25.7 Å². The monoisotopic (exact) mass is 210 g/mol. The normalized spacial score (nSPS) is 19.3. The first-order chi connectivity index (χ1) is 7.38. The molecule has 1 rings (SSSR count). The van der Waals surface area contributed by atoms with Gasteiger partial charge in [-0.05, 0) is 25.8 Å². The Bertz CT molecular complexity index is 177. The summed E-state index contributed by atoms with van der Waals surface area (Å²) in [7, 11) is 0. The summed E-state index contributed by atoms with van der Waals surface area (Å²) < 4.78 is 0. The van der Waals surface area contributed by atoms with Crippen molar-refractivity contribution in [2.45, 2.75) is 45.6 Å². The molecule has 2 heteroatoms. The number of rotatable bonds is 7. The van der Waals surface area contributed by atoms with Gasteiger partial charge in [-0.15, -0.1) is 0 Å². The minimum absolute atomic E-state index is 0.742. The zero-order valence-corrected chi connectivity index (χ0v) is 10.3. The van der Waals surface area contributed by atoms with Crippen molar-refractivity contribution in [2.75, 3.05) is 26.2 Å². The number of nitrogens with one attached hydrogen (secondary N) is 1. The van der Waals surface area contributed by atoms with Crippen LogP contribution in [0, 0.1) is 0 Å². The van der Waals surface area contributed by atoms with Gasteiger partial charge in [0.05, 0.1) is 0 Å². The van der Waals surface area contributed by atoms with E-state index in [1.165, 1.54) is 32.2 Å². The lowest BCUT2D eigenvalue weighted by molar-refractivity contribution is 0.197.